The molecule has 0 N–H and O–H groups in total. The molecule has 4 nitrogen and oxygen atoms in total. The number of ether oxygens (including phenoxy) is 1. The number of sulfonamides is 1. The molecule has 0 saturated carbocycles. The van der Waals surface area contributed by atoms with E-state index in [1.165, 1.54) is 0 Å². The Bertz CT molecular complexity index is 636. The van der Waals surface area contributed by atoms with Gasteiger partial charge in [0, 0.05) is 13.1 Å². The summed E-state index contributed by atoms with van der Waals surface area (Å²) in [5.74, 6) is 0. The van der Waals surface area contributed by atoms with Crippen molar-refractivity contribution in [3.63, 3.8) is 0 Å². The lowest BCUT2D eigenvalue weighted by Crippen LogP contribution is -2.40. The van der Waals surface area contributed by atoms with Crippen molar-refractivity contribution in [2.75, 3.05) is 26.3 Å². The zero-order valence-electron chi connectivity index (χ0n) is 10.5. The monoisotopic (exact) mass is 353 g/mol. The first kappa shape index (κ1) is 16.5. The SMILES string of the molecule is O=S(=O)(c1ccc(S(F)(F)(F)(F)F)cc1)N1CCOCC1. The lowest BCUT2D eigenvalue weighted by atomic mass is 10.4. The summed E-state index contributed by atoms with van der Waals surface area (Å²) < 4.78 is 93.0. The number of benzene rings is 1. The van der Waals surface area contributed by atoms with Crippen molar-refractivity contribution in [3.8, 4) is 0 Å². The Morgan fingerprint density at radius 3 is 1.86 bits per heavy atom. The fourth-order valence-electron chi connectivity index (χ4n) is 1.80. The Hall–Kier alpha value is -0.910. The summed E-state index contributed by atoms with van der Waals surface area (Å²) in [6, 6.07) is 1.26. The summed E-state index contributed by atoms with van der Waals surface area (Å²) in [5.41, 5.74) is 0. The lowest BCUT2D eigenvalue weighted by molar-refractivity contribution is 0.0730. The van der Waals surface area contributed by atoms with Gasteiger partial charge in [0.25, 0.3) is 0 Å². The van der Waals surface area contributed by atoms with E-state index >= 15 is 0 Å². The third-order valence-electron chi connectivity index (χ3n) is 2.88. The minimum Gasteiger partial charge on any atom is -0.379 e. The van der Waals surface area contributed by atoms with Crippen LogP contribution in [0.1, 0.15) is 0 Å². The van der Waals surface area contributed by atoms with Gasteiger partial charge in [0.15, 0.2) is 0 Å². The summed E-state index contributed by atoms with van der Waals surface area (Å²) in [5, 5.41) is 0. The van der Waals surface area contributed by atoms with Crippen LogP contribution in [0.4, 0.5) is 19.4 Å². The van der Waals surface area contributed by atoms with Gasteiger partial charge in [-0.1, -0.05) is 19.4 Å². The van der Waals surface area contributed by atoms with E-state index in [1.54, 1.807) is 0 Å². The average molecular weight is 353 g/mol. The van der Waals surface area contributed by atoms with Gasteiger partial charge in [0.2, 0.25) is 10.0 Å². The highest BCUT2D eigenvalue weighted by atomic mass is 32.5. The maximum Gasteiger partial charge on any atom is 0.310 e. The Morgan fingerprint density at radius 1 is 0.952 bits per heavy atom. The minimum atomic E-state index is -9.79. The summed E-state index contributed by atoms with van der Waals surface area (Å²) >= 11 is 0. The van der Waals surface area contributed by atoms with Crippen molar-refractivity contribution >= 4 is 20.2 Å². The van der Waals surface area contributed by atoms with Gasteiger partial charge in [-0.3, -0.25) is 0 Å². The normalized spacial score (nSPS) is 21.6. The van der Waals surface area contributed by atoms with Gasteiger partial charge in [0.05, 0.1) is 18.1 Å². The Balaban J connectivity index is 2.36. The zero-order valence-corrected chi connectivity index (χ0v) is 12.1. The Labute approximate surface area is 118 Å². The van der Waals surface area contributed by atoms with E-state index < -0.39 is 30.0 Å². The van der Waals surface area contributed by atoms with E-state index in [1.807, 2.05) is 0 Å². The van der Waals surface area contributed by atoms with Gasteiger partial charge in [-0.05, 0) is 24.3 Å². The fraction of sp³-hybridized carbons (Fsp3) is 0.400. The van der Waals surface area contributed by atoms with E-state index in [0.29, 0.717) is 12.1 Å². The van der Waals surface area contributed by atoms with Crippen LogP contribution in [0.15, 0.2) is 34.1 Å². The van der Waals surface area contributed by atoms with Gasteiger partial charge >= 0.3 is 10.2 Å². The number of hydrogen-bond donors (Lipinski definition) is 0. The van der Waals surface area contributed by atoms with Crippen molar-refractivity contribution in [2.45, 2.75) is 9.79 Å². The van der Waals surface area contributed by atoms with Crippen LogP contribution in [0.5, 0.6) is 0 Å². The molecule has 1 aromatic rings. The van der Waals surface area contributed by atoms with Crippen molar-refractivity contribution in [1.29, 1.82) is 0 Å². The Morgan fingerprint density at radius 2 is 1.43 bits per heavy atom. The predicted octanol–water partition coefficient (Wildman–Crippen LogP) is 3.36. The van der Waals surface area contributed by atoms with Gasteiger partial charge in [-0.2, -0.15) is 4.31 Å². The third-order valence-corrected chi connectivity index (χ3v) is 5.95. The van der Waals surface area contributed by atoms with E-state index in [2.05, 4.69) is 0 Å². The molecule has 11 heteroatoms. The number of hydrogen-bond acceptors (Lipinski definition) is 3. The fourth-order valence-corrected chi connectivity index (χ4v) is 3.86. The van der Waals surface area contributed by atoms with E-state index in [-0.39, 0.29) is 38.4 Å². The minimum absolute atomic E-state index is 0.0612. The van der Waals surface area contributed by atoms with Crippen LogP contribution >= 0.6 is 10.2 Å². The largest absolute Gasteiger partial charge is 0.379 e. The molecule has 1 heterocycles. The quantitative estimate of drug-likeness (QED) is 0.783. The molecule has 0 radical (unpaired) electrons. The van der Waals surface area contributed by atoms with Crippen LogP contribution in [-0.2, 0) is 14.8 Å². The highest BCUT2D eigenvalue weighted by Crippen LogP contribution is 3.02. The highest BCUT2D eigenvalue weighted by molar-refractivity contribution is 8.45. The summed E-state index contributed by atoms with van der Waals surface area (Å²) in [6.07, 6.45) is 0. The molecule has 21 heavy (non-hydrogen) atoms. The molecule has 1 saturated heterocycles. The first-order valence-electron chi connectivity index (χ1n) is 5.73. The molecule has 1 aromatic carbocycles. The van der Waals surface area contributed by atoms with Crippen LogP contribution in [0, 0.1) is 0 Å². The second-order valence-corrected chi connectivity index (χ2v) is 8.80. The van der Waals surface area contributed by atoms with E-state index in [0.717, 1.165) is 4.31 Å². The first-order valence-corrected chi connectivity index (χ1v) is 9.12. The van der Waals surface area contributed by atoms with Gasteiger partial charge in [-0.25, -0.2) is 8.42 Å². The molecule has 2 rings (SSSR count). The smallest absolute Gasteiger partial charge is 0.310 e. The second kappa shape index (κ2) is 4.31. The van der Waals surface area contributed by atoms with Crippen LogP contribution < -0.4 is 0 Å². The van der Waals surface area contributed by atoms with Crippen LogP contribution in [0.25, 0.3) is 0 Å². The molecule has 1 fully saturated rings. The van der Waals surface area contributed by atoms with Crippen LogP contribution in [-0.4, -0.2) is 39.0 Å². The number of halogens is 5. The lowest BCUT2D eigenvalue weighted by Gasteiger charge is -2.40. The second-order valence-electron chi connectivity index (χ2n) is 4.46. The third kappa shape index (κ3) is 3.65. The molecule has 122 valence electrons. The van der Waals surface area contributed by atoms with Crippen LogP contribution in [0.3, 0.4) is 0 Å². The summed E-state index contributed by atoms with van der Waals surface area (Å²) in [7, 11) is -13.8. The topological polar surface area (TPSA) is 46.6 Å². The molecule has 0 aliphatic carbocycles. The number of nitrogens with zero attached hydrogens (tertiary/aromatic N) is 1. The number of morpholine rings is 1. The van der Waals surface area contributed by atoms with E-state index in [9.17, 15) is 27.8 Å². The standard InChI is InChI=1S/C10H12F5NO3S2/c11-21(12,13,14,15)10-3-1-9(2-4-10)20(17,18)16-5-7-19-8-6-16/h1-4H,5-8H2. The summed E-state index contributed by atoms with van der Waals surface area (Å²) in [4.78, 5) is -2.58. The highest BCUT2D eigenvalue weighted by Gasteiger charge is 2.65. The maximum atomic E-state index is 12.6. The molecular weight excluding hydrogens is 341 g/mol. The molecule has 1 aliphatic rings. The zero-order chi connectivity index (χ0) is 16.0. The van der Waals surface area contributed by atoms with Crippen molar-refractivity contribution in [1.82, 2.24) is 4.31 Å². The molecule has 0 amide bonds. The molecule has 0 bridgehead atoms. The molecule has 0 aromatic heterocycles. The number of rotatable bonds is 3. The van der Waals surface area contributed by atoms with Gasteiger partial charge < -0.3 is 4.74 Å². The maximum absolute atomic E-state index is 12.6. The van der Waals surface area contributed by atoms with Gasteiger partial charge in [-0.15, -0.1) is 0 Å². The van der Waals surface area contributed by atoms with Crippen molar-refractivity contribution < 1.29 is 32.6 Å². The molecule has 0 unspecified atom stereocenters. The molecule has 0 spiro atoms. The molecular formula is C10H12F5NO3S2. The Kier molecular flexibility index (Phi) is 3.38. The van der Waals surface area contributed by atoms with Crippen LogP contribution in [0.2, 0.25) is 0 Å². The van der Waals surface area contributed by atoms with E-state index in [4.69, 9.17) is 4.74 Å². The van der Waals surface area contributed by atoms with Crippen molar-refractivity contribution in [3.05, 3.63) is 24.3 Å². The predicted molar refractivity (Wildman–Crippen MR) is 67.4 cm³/mol. The molecule has 1 aliphatic heterocycles. The average Bonchev–Trinajstić information content (AvgIpc) is 2.37. The molecule has 0 atom stereocenters. The first-order chi connectivity index (χ1) is 9.30. The van der Waals surface area contributed by atoms with Crippen molar-refractivity contribution in [2.24, 2.45) is 0 Å². The summed E-state index contributed by atoms with van der Waals surface area (Å²) in [6.45, 7) is 0.461. The van der Waals surface area contributed by atoms with Gasteiger partial charge in [0.1, 0.15) is 4.90 Å².